The minimum atomic E-state index is -0.276. The van der Waals surface area contributed by atoms with E-state index < -0.39 is 0 Å². The fourth-order valence-electron chi connectivity index (χ4n) is 3.51. The second-order valence-corrected chi connectivity index (χ2v) is 7.16. The zero-order valence-electron chi connectivity index (χ0n) is 16.8. The maximum absolute atomic E-state index is 13.6. The van der Waals surface area contributed by atoms with Crippen LogP contribution >= 0.6 is 0 Å². The lowest BCUT2D eigenvalue weighted by molar-refractivity contribution is -0.117. The number of nitrogens with zero attached hydrogens (tertiary/aromatic N) is 2. The number of nitrogens with one attached hydrogen (secondary N) is 1. The second-order valence-electron chi connectivity index (χ2n) is 7.16. The van der Waals surface area contributed by atoms with Crippen LogP contribution in [-0.4, -0.2) is 61.3 Å². The third-order valence-corrected chi connectivity index (χ3v) is 5.05. The Hall–Kier alpha value is -2.77. The van der Waals surface area contributed by atoms with Gasteiger partial charge in [-0.05, 0) is 37.3 Å². The predicted molar refractivity (Wildman–Crippen MR) is 110 cm³/mol. The maximum atomic E-state index is 13.6. The summed E-state index contributed by atoms with van der Waals surface area (Å²) in [5.74, 6) is 0.181. The zero-order chi connectivity index (χ0) is 20.8. The van der Waals surface area contributed by atoms with E-state index in [4.69, 9.17) is 4.74 Å². The fraction of sp³-hybridized carbons (Fsp3) is 0.364. The summed E-state index contributed by atoms with van der Waals surface area (Å²) >= 11 is 0. The Morgan fingerprint density at radius 3 is 2.45 bits per heavy atom. The van der Waals surface area contributed by atoms with Crippen molar-refractivity contribution in [2.24, 2.45) is 0 Å². The minimum Gasteiger partial charge on any atom is -0.496 e. The molecule has 0 aliphatic carbocycles. The van der Waals surface area contributed by atoms with Crippen LogP contribution in [0.15, 0.2) is 42.5 Å². The third-order valence-electron chi connectivity index (χ3n) is 5.05. The molecule has 1 saturated heterocycles. The van der Waals surface area contributed by atoms with Gasteiger partial charge in [-0.2, -0.15) is 0 Å². The van der Waals surface area contributed by atoms with E-state index in [0.717, 1.165) is 31.7 Å². The number of ketones is 1. The molecule has 0 spiro atoms. The molecule has 2 aromatic rings. The summed E-state index contributed by atoms with van der Waals surface area (Å²) in [5, 5.41) is 2.84. The van der Waals surface area contributed by atoms with Crippen LogP contribution in [0.25, 0.3) is 0 Å². The number of halogens is 1. The van der Waals surface area contributed by atoms with Crippen molar-refractivity contribution < 1.29 is 18.7 Å². The van der Waals surface area contributed by atoms with Crippen LogP contribution in [0.3, 0.4) is 0 Å². The van der Waals surface area contributed by atoms with Gasteiger partial charge in [0.05, 0.1) is 19.3 Å². The lowest BCUT2D eigenvalue weighted by atomic mass is 10.1. The monoisotopic (exact) mass is 399 g/mol. The van der Waals surface area contributed by atoms with E-state index in [1.165, 1.54) is 19.1 Å². The molecule has 0 bridgehead atoms. The Morgan fingerprint density at radius 1 is 1.07 bits per heavy atom. The average Bonchev–Trinajstić information content (AvgIpc) is 2.70. The number of rotatable bonds is 7. The molecule has 7 heteroatoms. The standard InChI is InChI=1S/C22H26FN3O3/c1-16(27)19-5-3-4-6-20(19)24-22(28)15-26-11-9-25(10-12-26)14-17-13-18(23)7-8-21(17)29-2/h3-8,13H,9-12,14-15H2,1-2H3,(H,24,28). The largest absolute Gasteiger partial charge is 0.496 e. The average molecular weight is 399 g/mol. The summed E-state index contributed by atoms with van der Waals surface area (Å²) in [5.41, 5.74) is 1.87. The van der Waals surface area contributed by atoms with Crippen molar-refractivity contribution in [3.05, 3.63) is 59.4 Å². The van der Waals surface area contributed by atoms with Crippen LogP contribution < -0.4 is 10.1 Å². The summed E-state index contributed by atoms with van der Waals surface area (Å²) in [7, 11) is 1.58. The molecule has 6 nitrogen and oxygen atoms in total. The molecule has 3 rings (SSSR count). The fourth-order valence-corrected chi connectivity index (χ4v) is 3.51. The molecule has 1 amide bonds. The number of hydrogen-bond acceptors (Lipinski definition) is 5. The Kier molecular flexibility index (Phi) is 6.95. The first-order valence-electron chi connectivity index (χ1n) is 9.63. The van der Waals surface area contributed by atoms with Crippen molar-refractivity contribution in [2.45, 2.75) is 13.5 Å². The zero-order valence-corrected chi connectivity index (χ0v) is 16.8. The molecular weight excluding hydrogens is 373 g/mol. The van der Waals surface area contributed by atoms with E-state index >= 15 is 0 Å². The van der Waals surface area contributed by atoms with Gasteiger partial charge in [0.15, 0.2) is 5.78 Å². The minimum absolute atomic E-state index is 0.0812. The Morgan fingerprint density at radius 2 is 1.76 bits per heavy atom. The quantitative estimate of drug-likeness (QED) is 0.726. The van der Waals surface area contributed by atoms with E-state index in [2.05, 4.69) is 15.1 Å². The Bertz CT molecular complexity index is 879. The van der Waals surface area contributed by atoms with Gasteiger partial charge in [-0.1, -0.05) is 12.1 Å². The number of anilines is 1. The highest BCUT2D eigenvalue weighted by Crippen LogP contribution is 2.22. The molecule has 0 atom stereocenters. The lowest BCUT2D eigenvalue weighted by Gasteiger charge is -2.34. The highest BCUT2D eigenvalue weighted by Gasteiger charge is 2.21. The van der Waals surface area contributed by atoms with Crippen molar-refractivity contribution in [3.8, 4) is 5.75 Å². The molecule has 154 valence electrons. The summed E-state index contributed by atoms with van der Waals surface area (Å²) in [6.45, 7) is 5.38. The molecule has 0 aromatic heterocycles. The van der Waals surface area contributed by atoms with Crippen LogP contribution in [0.2, 0.25) is 0 Å². The van der Waals surface area contributed by atoms with Crippen LogP contribution in [0.1, 0.15) is 22.8 Å². The number of Topliss-reactive ketones (excluding diaryl/α,β-unsaturated/α-hetero) is 1. The molecule has 0 unspecified atom stereocenters. The molecule has 1 fully saturated rings. The van der Waals surface area contributed by atoms with Gasteiger partial charge in [0.25, 0.3) is 0 Å². The molecule has 0 saturated carbocycles. The number of hydrogen-bond donors (Lipinski definition) is 1. The molecule has 2 aromatic carbocycles. The van der Waals surface area contributed by atoms with E-state index in [0.29, 0.717) is 23.5 Å². The maximum Gasteiger partial charge on any atom is 0.238 e. The number of methoxy groups -OCH3 is 1. The summed E-state index contributed by atoms with van der Waals surface area (Å²) in [6.07, 6.45) is 0. The van der Waals surface area contributed by atoms with Crippen molar-refractivity contribution >= 4 is 17.4 Å². The smallest absolute Gasteiger partial charge is 0.238 e. The number of carbonyl (C=O) groups is 2. The van der Waals surface area contributed by atoms with E-state index in [-0.39, 0.29) is 24.1 Å². The third kappa shape index (κ3) is 5.62. The molecule has 29 heavy (non-hydrogen) atoms. The van der Waals surface area contributed by atoms with Gasteiger partial charge >= 0.3 is 0 Å². The number of ether oxygens (including phenoxy) is 1. The highest BCUT2D eigenvalue weighted by atomic mass is 19.1. The first-order valence-corrected chi connectivity index (χ1v) is 9.63. The van der Waals surface area contributed by atoms with E-state index in [9.17, 15) is 14.0 Å². The molecule has 1 heterocycles. The Labute approximate surface area is 170 Å². The second kappa shape index (κ2) is 9.62. The molecule has 1 N–H and O–H groups in total. The van der Waals surface area contributed by atoms with E-state index in [1.807, 2.05) is 0 Å². The van der Waals surface area contributed by atoms with Crippen molar-refractivity contribution in [3.63, 3.8) is 0 Å². The van der Waals surface area contributed by atoms with E-state index in [1.54, 1.807) is 37.4 Å². The van der Waals surface area contributed by atoms with Gasteiger partial charge in [-0.3, -0.25) is 19.4 Å². The van der Waals surface area contributed by atoms with Gasteiger partial charge in [0.2, 0.25) is 5.91 Å². The molecule has 1 aliphatic rings. The van der Waals surface area contributed by atoms with Crippen molar-refractivity contribution in [1.82, 2.24) is 9.80 Å². The van der Waals surface area contributed by atoms with Crippen LogP contribution in [0.5, 0.6) is 5.75 Å². The van der Waals surface area contributed by atoms with Gasteiger partial charge in [-0.25, -0.2) is 4.39 Å². The van der Waals surface area contributed by atoms with Crippen molar-refractivity contribution in [1.29, 1.82) is 0 Å². The number of benzene rings is 2. The highest BCUT2D eigenvalue weighted by molar-refractivity contribution is 6.04. The van der Waals surface area contributed by atoms with Crippen LogP contribution in [0.4, 0.5) is 10.1 Å². The first-order chi connectivity index (χ1) is 14.0. The summed E-state index contributed by atoms with van der Waals surface area (Å²) in [6, 6.07) is 11.6. The predicted octanol–water partition coefficient (Wildman–Crippen LogP) is 2.79. The van der Waals surface area contributed by atoms with Gasteiger partial charge in [0.1, 0.15) is 11.6 Å². The number of carbonyl (C=O) groups excluding carboxylic acids is 2. The van der Waals surface area contributed by atoms with Gasteiger partial charge in [-0.15, -0.1) is 0 Å². The van der Waals surface area contributed by atoms with Crippen LogP contribution in [0, 0.1) is 5.82 Å². The summed E-state index contributed by atoms with van der Waals surface area (Å²) < 4.78 is 18.9. The topological polar surface area (TPSA) is 61.9 Å². The molecule has 0 radical (unpaired) electrons. The number of piperazine rings is 1. The molecular formula is C22H26FN3O3. The van der Waals surface area contributed by atoms with Gasteiger partial charge < -0.3 is 10.1 Å². The Balaban J connectivity index is 1.51. The number of amides is 1. The normalized spacial score (nSPS) is 15.1. The summed E-state index contributed by atoms with van der Waals surface area (Å²) in [4.78, 5) is 28.4. The van der Waals surface area contributed by atoms with Crippen molar-refractivity contribution in [2.75, 3.05) is 45.2 Å². The van der Waals surface area contributed by atoms with Gasteiger partial charge in [0, 0.05) is 43.9 Å². The van der Waals surface area contributed by atoms with Crippen LogP contribution in [-0.2, 0) is 11.3 Å². The number of para-hydroxylation sites is 1. The SMILES string of the molecule is COc1ccc(F)cc1CN1CCN(CC(=O)Nc2ccccc2C(C)=O)CC1. The lowest BCUT2D eigenvalue weighted by Crippen LogP contribution is -2.48. The molecule has 1 aliphatic heterocycles. The first kappa shape index (κ1) is 21.0.